The van der Waals surface area contributed by atoms with Crippen LogP contribution in [0.3, 0.4) is 0 Å². The van der Waals surface area contributed by atoms with Gasteiger partial charge >= 0.3 is 0 Å². The van der Waals surface area contributed by atoms with E-state index in [0.29, 0.717) is 0 Å². The van der Waals surface area contributed by atoms with E-state index in [1.165, 1.54) is 0 Å². The third-order valence-electron chi connectivity index (χ3n) is 3.01. The third kappa shape index (κ3) is 1.78. The highest BCUT2D eigenvalue weighted by molar-refractivity contribution is 5.83. The van der Waals surface area contributed by atoms with Crippen LogP contribution in [0.5, 0.6) is 5.75 Å². The Bertz CT molecular complexity index is 656. The van der Waals surface area contributed by atoms with E-state index in [-0.39, 0.29) is 5.75 Å². The van der Waals surface area contributed by atoms with Gasteiger partial charge in [0.25, 0.3) is 0 Å². The first-order valence-electron chi connectivity index (χ1n) is 5.87. The Kier molecular flexibility index (Phi) is 2.61. The largest absolute Gasteiger partial charge is 0.507 e. The molecule has 3 rings (SSSR count). The number of hydrogen-bond acceptors (Lipinski definition) is 1. The molecule has 1 heterocycles. The van der Waals surface area contributed by atoms with Crippen LogP contribution in [0, 0.1) is 0 Å². The lowest BCUT2D eigenvalue weighted by Gasteiger charge is -2.06. The monoisotopic (exact) mass is 235 g/mol. The minimum absolute atomic E-state index is 0.289. The first-order valence-corrected chi connectivity index (χ1v) is 5.87. The van der Waals surface area contributed by atoms with Crippen LogP contribution in [-0.2, 0) is 0 Å². The Morgan fingerprint density at radius 3 is 2.22 bits per heavy atom. The Labute approximate surface area is 106 Å². The SMILES string of the molecule is Oc1ccccc1-c1[nH]ccc1-c1ccccc1. The van der Waals surface area contributed by atoms with E-state index < -0.39 is 0 Å². The predicted octanol–water partition coefficient (Wildman–Crippen LogP) is 4.05. The van der Waals surface area contributed by atoms with Gasteiger partial charge < -0.3 is 10.1 Å². The molecule has 0 aliphatic carbocycles. The summed E-state index contributed by atoms with van der Waals surface area (Å²) in [6.07, 6.45) is 1.89. The topological polar surface area (TPSA) is 36.0 Å². The molecule has 0 aliphatic heterocycles. The number of hydrogen-bond donors (Lipinski definition) is 2. The molecule has 0 bridgehead atoms. The zero-order chi connectivity index (χ0) is 12.4. The summed E-state index contributed by atoms with van der Waals surface area (Å²) >= 11 is 0. The first-order chi connectivity index (χ1) is 8.86. The summed E-state index contributed by atoms with van der Waals surface area (Å²) in [5, 5.41) is 9.93. The number of aromatic hydroxyl groups is 1. The van der Waals surface area contributed by atoms with E-state index in [0.717, 1.165) is 22.4 Å². The molecule has 2 aromatic carbocycles. The van der Waals surface area contributed by atoms with Crippen LogP contribution >= 0.6 is 0 Å². The molecule has 2 heteroatoms. The Balaban J connectivity index is 2.16. The van der Waals surface area contributed by atoms with Crippen molar-refractivity contribution < 1.29 is 5.11 Å². The van der Waals surface area contributed by atoms with E-state index in [9.17, 15) is 5.11 Å². The summed E-state index contributed by atoms with van der Waals surface area (Å²) in [6, 6.07) is 19.5. The van der Waals surface area contributed by atoms with Crippen LogP contribution in [0.2, 0.25) is 0 Å². The summed E-state index contributed by atoms with van der Waals surface area (Å²) in [6.45, 7) is 0. The van der Waals surface area contributed by atoms with E-state index in [4.69, 9.17) is 0 Å². The quantitative estimate of drug-likeness (QED) is 0.690. The zero-order valence-corrected chi connectivity index (χ0v) is 9.80. The van der Waals surface area contributed by atoms with Crippen molar-refractivity contribution in [3.8, 4) is 28.1 Å². The maximum absolute atomic E-state index is 9.93. The molecule has 0 saturated heterocycles. The number of phenols is 1. The minimum Gasteiger partial charge on any atom is -0.507 e. The molecule has 3 aromatic rings. The van der Waals surface area contributed by atoms with Gasteiger partial charge in [0.15, 0.2) is 0 Å². The lowest BCUT2D eigenvalue weighted by atomic mass is 10.0. The Morgan fingerprint density at radius 1 is 0.722 bits per heavy atom. The van der Waals surface area contributed by atoms with Crippen LogP contribution in [-0.4, -0.2) is 10.1 Å². The van der Waals surface area contributed by atoms with Gasteiger partial charge in [-0.25, -0.2) is 0 Å². The lowest BCUT2D eigenvalue weighted by Crippen LogP contribution is -1.82. The highest BCUT2D eigenvalue weighted by atomic mass is 16.3. The molecule has 2 nitrogen and oxygen atoms in total. The van der Waals surface area contributed by atoms with Gasteiger partial charge in [-0.15, -0.1) is 0 Å². The van der Waals surface area contributed by atoms with Crippen molar-refractivity contribution in [2.75, 3.05) is 0 Å². The summed E-state index contributed by atoms with van der Waals surface area (Å²) in [4.78, 5) is 3.20. The maximum atomic E-state index is 9.93. The van der Waals surface area contributed by atoms with E-state index in [1.54, 1.807) is 6.07 Å². The molecule has 88 valence electrons. The van der Waals surface area contributed by atoms with Gasteiger partial charge in [0, 0.05) is 17.3 Å². The number of aromatic nitrogens is 1. The molecule has 1 aromatic heterocycles. The Hall–Kier alpha value is -2.48. The van der Waals surface area contributed by atoms with Crippen LogP contribution in [0.4, 0.5) is 0 Å². The van der Waals surface area contributed by atoms with Gasteiger partial charge in [-0.1, -0.05) is 42.5 Å². The fraction of sp³-hybridized carbons (Fsp3) is 0. The van der Waals surface area contributed by atoms with Crippen molar-refractivity contribution in [2.45, 2.75) is 0 Å². The molecule has 0 radical (unpaired) electrons. The third-order valence-corrected chi connectivity index (χ3v) is 3.01. The second-order valence-electron chi connectivity index (χ2n) is 4.15. The molecule has 2 N–H and O–H groups in total. The predicted molar refractivity (Wildman–Crippen MR) is 73.3 cm³/mol. The van der Waals surface area contributed by atoms with Crippen LogP contribution in [0.1, 0.15) is 0 Å². The van der Waals surface area contributed by atoms with Gasteiger partial charge in [-0.2, -0.15) is 0 Å². The zero-order valence-electron chi connectivity index (χ0n) is 9.80. The molecular formula is C16H13NO. The molecular weight excluding hydrogens is 222 g/mol. The number of benzene rings is 2. The highest BCUT2D eigenvalue weighted by Crippen LogP contribution is 2.35. The maximum Gasteiger partial charge on any atom is 0.124 e. The number of nitrogens with one attached hydrogen (secondary N) is 1. The van der Waals surface area contributed by atoms with Gasteiger partial charge in [-0.05, 0) is 23.8 Å². The average molecular weight is 235 g/mol. The second-order valence-corrected chi connectivity index (χ2v) is 4.15. The summed E-state index contributed by atoms with van der Waals surface area (Å²) in [7, 11) is 0. The van der Waals surface area contributed by atoms with Crippen molar-refractivity contribution in [2.24, 2.45) is 0 Å². The molecule has 0 saturated carbocycles. The highest BCUT2D eigenvalue weighted by Gasteiger charge is 2.10. The van der Waals surface area contributed by atoms with E-state index >= 15 is 0 Å². The molecule has 0 unspecified atom stereocenters. The smallest absolute Gasteiger partial charge is 0.124 e. The summed E-state index contributed by atoms with van der Waals surface area (Å²) in [5.74, 6) is 0.289. The number of aromatic amines is 1. The standard InChI is InChI=1S/C16H13NO/c18-15-9-5-4-8-14(15)16-13(10-11-17-16)12-6-2-1-3-7-12/h1-11,17-18H. The number of H-pyrrole nitrogens is 1. The molecule has 18 heavy (non-hydrogen) atoms. The van der Waals surface area contributed by atoms with Gasteiger partial charge in [0.1, 0.15) is 5.75 Å². The van der Waals surface area contributed by atoms with Gasteiger partial charge in [-0.3, -0.25) is 0 Å². The molecule has 0 fully saturated rings. The van der Waals surface area contributed by atoms with Gasteiger partial charge in [0.2, 0.25) is 0 Å². The van der Waals surface area contributed by atoms with Crippen molar-refractivity contribution in [1.82, 2.24) is 4.98 Å². The normalized spacial score (nSPS) is 10.4. The molecule has 0 atom stereocenters. The van der Waals surface area contributed by atoms with Crippen LogP contribution < -0.4 is 0 Å². The van der Waals surface area contributed by atoms with E-state index in [2.05, 4.69) is 17.1 Å². The van der Waals surface area contributed by atoms with Crippen molar-refractivity contribution in [3.63, 3.8) is 0 Å². The molecule has 0 spiro atoms. The Morgan fingerprint density at radius 2 is 1.44 bits per heavy atom. The number of phenolic OH excluding ortho intramolecular Hbond substituents is 1. The number of rotatable bonds is 2. The second kappa shape index (κ2) is 4.41. The molecule has 0 amide bonds. The average Bonchev–Trinajstić information content (AvgIpc) is 2.89. The summed E-state index contributed by atoms with van der Waals surface area (Å²) in [5.41, 5.74) is 4.00. The van der Waals surface area contributed by atoms with Crippen molar-refractivity contribution in [1.29, 1.82) is 0 Å². The fourth-order valence-corrected chi connectivity index (χ4v) is 2.14. The summed E-state index contributed by atoms with van der Waals surface area (Å²) < 4.78 is 0. The minimum atomic E-state index is 0.289. The van der Waals surface area contributed by atoms with Crippen molar-refractivity contribution in [3.05, 3.63) is 66.9 Å². The van der Waals surface area contributed by atoms with Crippen molar-refractivity contribution >= 4 is 0 Å². The lowest BCUT2D eigenvalue weighted by molar-refractivity contribution is 0.477. The van der Waals surface area contributed by atoms with E-state index in [1.807, 2.05) is 48.7 Å². The number of para-hydroxylation sites is 1. The van der Waals surface area contributed by atoms with Crippen LogP contribution in [0.25, 0.3) is 22.4 Å². The fourth-order valence-electron chi connectivity index (χ4n) is 2.14. The molecule has 0 aliphatic rings. The first kappa shape index (κ1) is 10.7. The van der Waals surface area contributed by atoms with Gasteiger partial charge in [0.05, 0.1) is 5.69 Å². The van der Waals surface area contributed by atoms with Crippen LogP contribution in [0.15, 0.2) is 66.9 Å².